The van der Waals surface area contributed by atoms with Crippen molar-refractivity contribution in [1.82, 2.24) is 4.90 Å². The highest BCUT2D eigenvalue weighted by atomic mass is 32.2. The number of ether oxygens (including phenoxy) is 1. The molecule has 2 saturated heterocycles. The van der Waals surface area contributed by atoms with Gasteiger partial charge in [-0.2, -0.15) is 0 Å². The molecular formula is C10H15NO6S. The maximum absolute atomic E-state index is 11.6. The van der Waals surface area contributed by atoms with E-state index in [1.807, 2.05) is 0 Å². The first-order valence-corrected chi connectivity index (χ1v) is 7.54. The molecule has 8 heteroatoms. The second-order valence-electron chi connectivity index (χ2n) is 4.77. The van der Waals surface area contributed by atoms with Crippen molar-refractivity contribution in [2.24, 2.45) is 0 Å². The number of nitrogens with zero attached hydrogens (tertiary/aromatic N) is 1. The van der Waals surface area contributed by atoms with Crippen molar-refractivity contribution in [3.63, 3.8) is 0 Å². The maximum Gasteiger partial charge on any atom is 0.410 e. The van der Waals surface area contributed by atoms with Crippen LogP contribution >= 0.6 is 0 Å². The predicted octanol–water partition coefficient (Wildman–Crippen LogP) is -0.139. The van der Waals surface area contributed by atoms with Gasteiger partial charge in [0.05, 0.1) is 24.5 Å². The molecule has 18 heavy (non-hydrogen) atoms. The number of hydrogen-bond acceptors (Lipinski definition) is 5. The minimum atomic E-state index is -3.01. The van der Waals surface area contributed by atoms with Gasteiger partial charge in [0.25, 0.3) is 0 Å². The van der Waals surface area contributed by atoms with Crippen molar-refractivity contribution >= 4 is 21.9 Å². The van der Waals surface area contributed by atoms with Crippen LogP contribution < -0.4 is 0 Å². The molecule has 1 spiro atoms. The van der Waals surface area contributed by atoms with Gasteiger partial charge < -0.3 is 14.7 Å². The third-order valence-electron chi connectivity index (χ3n) is 3.37. The van der Waals surface area contributed by atoms with E-state index in [0.717, 1.165) is 0 Å². The van der Waals surface area contributed by atoms with E-state index in [1.165, 1.54) is 4.90 Å². The summed E-state index contributed by atoms with van der Waals surface area (Å²) < 4.78 is 27.9. The standard InChI is InChI=1S/C10H15NO6S/c12-8(13)1-4-11-7-10(17-9(11)14)2-5-18(15,16)6-3-10/h1-7H2,(H,12,13). The Morgan fingerprint density at radius 3 is 2.56 bits per heavy atom. The van der Waals surface area contributed by atoms with Crippen LogP contribution in [0.4, 0.5) is 4.79 Å². The molecule has 0 aromatic rings. The monoisotopic (exact) mass is 277 g/mol. The molecule has 1 N–H and O–H groups in total. The van der Waals surface area contributed by atoms with Crippen molar-refractivity contribution in [2.45, 2.75) is 24.9 Å². The lowest BCUT2D eigenvalue weighted by Gasteiger charge is -2.30. The Balaban J connectivity index is 1.98. The van der Waals surface area contributed by atoms with Gasteiger partial charge in [0.2, 0.25) is 0 Å². The average molecular weight is 277 g/mol. The lowest BCUT2D eigenvalue weighted by Crippen LogP contribution is -2.42. The van der Waals surface area contributed by atoms with Gasteiger partial charge in [0.1, 0.15) is 5.60 Å². The zero-order valence-corrected chi connectivity index (χ0v) is 10.6. The number of carboxylic acids is 1. The van der Waals surface area contributed by atoms with Crippen LogP contribution in [-0.2, 0) is 19.4 Å². The minimum absolute atomic E-state index is 0.0209. The number of carbonyl (C=O) groups excluding carboxylic acids is 1. The molecule has 2 rings (SSSR count). The zero-order valence-electron chi connectivity index (χ0n) is 9.79. The van der Waals surface area contributed by atoms with Gasteiger partial charge in [-0.3, -0.25) is 4.79 Å². The number of carbonyl (C=O) groups is 2. The number of aliphatic carboxylic acids is 1. The van der Waals surface area contributed by atoms with Crippen molar-refractivity contribution in [3.8, 4) is 0 Å². The fraction of sp³-hybridized carbons (Fsp3) is 0.800. The third kappa shape index (κ3) is 2.74. The Morgan fingerprint density at radius 2 is 2.00 bits per heavy atom. The normalized spacial score (nSPS) is 25.1. The van der Waals surface area contributed by atoms with E-state index in [9.17, 15) is 18.0 Å². The first kappa shape index (κ1) is 13.1. The fourth-order valence-corrected chi connectivity index (χ4v) is 3.84. The SMILES string of the molecule is O=C(O)CCN1CC2(CCS(=O)(=O)CC2)OC1=O. The maximum atomic E-state index is 11.6. The molecule has 2 heterocycles. The Labute approximate surface area is 105 Å². The average Bonchev–Trinajstić information content (AvgIpc) is 2.58. The lowest BCUT2D eigenvalue weighted by molar-refractivity contribution is -0.137. The van der Waals surface area contributed by atoms with E-state index in [0.29, 0.717) is 12.8 Å². The van der Waals surface area contributed by atoms with Gasteiger partial charge in [0.15, 0.2) is 9.84 Å². The number of hydrogen-bond donors (Lipinski definition) is 1. The smallest absolute Gasteiger partial charge is 0.410 e. The molecule has 2 aliphatic heterocycles. The first-order chi connectivity index (χ1) is 8.32. The molecule has 2 fully saturated rings. The number of sulfone groups is 1. The summed E-state index contributed by atoms with van der Waals surface area (Å²) in [5.74, 6) is -0.935. The summed E-state index contributed by atoms with van der Waals surface area (Å²) in [6, 6.07) is 0. The summed E-state index contributed by atoms with van der Waals surface area (Å²) in [4.78, 5) is 23.4. The molecule has 0 atom stereocenters. The highest BCUT2D eigenvalue weighted by Gasteiger charge is 2.48. The third-order valence-corrected chi connectivity index (χ3v) is 5.03. The van der Waals surface area contributed by atoms with Crippen LogP contribution in [0.1, 0.15) is 19.3 Å². The Kier molecular flexibility index (Phi) is 3.22. The van der Waals surface area contributed by atoms with E-state index >= 15 is 0 Å². The summed E-state index contributed by atoms with van der Waals surface area (Å²) in [5.41, 5.74) is -0.735. The van der Waals surface area contributed by atoms with Crippen LogP contribution in [0.2, 0.25) is 0 Å². The quantitative estimate of drug-likeness (QED) is 0.770. The van der Waals surface area contributed by atoms with Crippen LogP contribution in [0, 0.1) is 0 Å². The van der Waals surface area contributed by atoms with Crippen LogP contribution in [0.25, 0.3) is 0 Å². The van der Waals surface area contributed by atoms with E-state index < -0.39 is 27.5 Å². The van der Waals surface area contributed by atoms with E-state index in [4.69, 9.17) is 9.84 Å². The zero-order chi connectivity index (χ0) is 13.4. The van der Waals surface area contributed by atoms with Crippen LogP contribution in [-0.4, -0.2) is 60.7 Å². The molecule has 2 aliphatic rings. The van der Waals surface area contributed by atoms with Gasteiger partial charge in [-0.05, 0) is 0 Å². The van der Waals surface area contributed by atoms with Crippen molar-refractivity contribution in [1.29, 1.82) is 0 Å². The van der Waals surface area contributed by atoms with Crippen molar-refractivity contribution < 1.29 is 27.9 Å². The molecule has 0 unspecified atom stereocenters. The molecular weight excluding hydrogens is 262 g/mol. The minimum Gasteiger partial charge on any atom is -0.481 e. The van der Waals surface area contributed by atoms with Crippen LogP contribution in [0.15, 0.2) is 0 Å². The molecule has 0 bridgehead atoms. The highest BCUT2D eigenvalue weighted by Crippen LogP contribution is 2.34. The molecule has 0 radical (unpaired) electrons. The number of rotatable bonds is 3. The fourth-order valence-electron chi connectivity index (χ4n) is 2.27. The molecule has 0 saturated carbocycles. The van der Waals surface area contributed by atoms with Gasteiger partial charge >= 0.3 is 12.1 Å². The number of carboxylic acid groups (broad SMARTS) is 1. The summed E-state index contributed by atoms with van der Waals surface area (Å²) >= 11 is 0. The Morgan fingerprint density at radius 1 is 1.39 bits per heavy atom. The van der Waals surface area contributed by atoms with Gasteiger partial charge in [-0.15, -0.1) is 0 Å². The van der Waals surface area contributed by atoms with Gasteiger partial charge in [0, 0.05) is 19.4 Å². The first-order valence-electron chi connectivity index (χ1n) is 5.72. The Bertz CT molecular complexity index is 457. The second kappa shape index (κ2) is 4.42. The molecule has 0 aromatic carbocycles. The van der Waals surface area contributed by atoms with E-state index in [1.54, 1.807) is 0 Å². The summed E-state index contributed by atoms with van der Waals surface area (Å²) in [6.07, 6.45) is -0.0887. The molecule has 0 aliphatic carbocycles. The van der Waals surface area contributed by atoms with E-state index in [2.05, 4.69) is 0 Å². The van der Waals surface area contributed by atoms with Crippen molar-refractivity contribution in [2.75, 3.05) is 24.6 Å². The van der Waals surface area contributed by atoms with Gasteiger partial charge in [-0.25, -0.2) is 13.2 Å². The molecule has 7 nitrogen and oxygen atoms in total. The highest BCUT2D eigenvalue weighted by molar-refractivity contribution is 7.91. The van der Waals surface area contributed by atoms with Crippen LogP contribution in [0.5, 0.6) is 0 Å². The topological polar surface area (TPSA) is 101 Å². The summed E-state index contributed by atoms with van der Waals surface area (Å²) in [6.45, 7) is 0.386. The molecule has 102 valence electrons. The second-order valence-corrected chi connectivity index (χ2v) is 7.07. The largest absolute Gasteiger partial charge is 0.481 e. The summed E-state index contributed by atoms with van der Waals surface area (Å²) in [5, 5.41) is 8.57. The summed E-state index contributed by atoms with van der Waals surface area (Å²) in [7, 11) is -3.01. The van der Waals surface area contributed by atoms with E-state index in [-0.39, 0.29) is 31.0 Å². The lowest BCUT2D eigenvalue weighted by atomic mass is 9.97. The van der Waals surface area contributed by atoms with Crippen molar-refractivity contribution in [3.05, 3.63) is 0 Å². The Hall–Kier alpha value is -1.31. The molecule has 1 amide bonds. The van der Waals surface area contributed by atoms with Gasteiger partial charge in [-0.1, -0.05) is 0 Å². The predicted molar refractivity (Wildman–Crippen MR) is 60.9 cm³/mol. The molecule has 0 aromatic heterocycles. The number of amides is 1. The van der Waals surface area contributed by atoms with Crippen LogP contribution in [0.3, 0.4) is 0 Å².